The molecule has 9 heteroatoms. The number of thiophene rings is 1. The van der Waals surface area contributed by atoms with Crippen LogP contribution in [0.5, 0.6) is 11.5 Å². The molecule has 0 saturated carbocycles. The topological polar surface area (TPSA) is 94.8 Å². The summed E-state index contributed by atoms with van der Waals surface area (Å²) in [7, 11) is 1.59. The van der Waals surface area contributed by atoms with E-state index in [1.807, 2.05) is 12.1 Å². The molecule has 0 fully saturated rings. The molecule has 3 aromatic rings. The normalized spacial score (nSPS) is 15.3. The summed E-state index contributed by atoms with van der Waals surface area (Å²) in [5.41, 5.74) is 4.19. The minimum atomic E-state index is -0.398. The number of aromatic nitrogens is 2. The Morgan fingerprint density at radius 2 is 2.20 bits per heavy atom. The molecule has 1 aliphatic rings. The molecule has 1 N–H and O–H groups in total. The van der Waals surface area contributed by atoms with Gasteiger partial charge in [-0.25, -0.2) is 10.4 Å². The van der Waals surface area contributed by atoms with Crippen molar-refractivity contribution >= 4 is 33.7 Å². The van der Waals surface area contributed by atoms with Crippen LogP contribution in [-0.2, 0) is 24.2 Å². The fraction of sp³-hybridized carbons (Fsp3) is 0.462. The maximum atomic E-state index is 13.1. The molecule has 8 nitrogen and oxygen atoms in total. The van der Waals surface area contributed by atoms with Crippen molar-refractivity contribution in [2.45, 2.75) is 58.9 Å². The Labute approximate surface area is 209 Å². The monoisotopic (exact) mass is 496 g/mol. The van der Waals surface area contributed by atoms with Crippen LogP contribution in [0.1, 0.15) is 55.5 Å². The van der Waals surface area contributed by atoms with Crippen LogP contribution in [0, 0.1) is 5.92 Å². The summed E-state index contributed by atoms with van der Waals surface area (Å²) in [6, 6.07) is 5.47. The third-order valence-electron chi connectivity index (χ3n) is 6.19. The quantitative estimate of drug-likeness (QED) is 0.256. The molecule has 0 radical (unpaired) electrons. The van der Waals surface area contributed by atoms with Crippen LogP contribution in [0.3, 0.4) is 0 Å². The predicted octanol–water partition coefficient (Wildman–Crippen LogP) is 4.31. The van der Waals surface area contributed by atoms with Gasteiger partial charge in [-0.1, -0.05) is 26.7 Å². The zero-order chi connectivity index (χ0) is 24.8. The Bertz CT molecular complexity index is 1280. The molecule has 2 heterocycles. The van der Waals surface area contributed by atoms with Crippen molar-refractivity contribution < 1.29 is 14.3 Å². The van der Waals surface area contributed by atoms with E-state index in [2.05, 4.69) is 29.4 Å². The van der Waals surface area contributed by atoms with Gasteiger partial charge in [-0.15, -0.1) is 11.3 Å². The van der Waals surface area contributed by atoms with Crippen molar-refractivity contribution in [3.05, 3.63) is 50.9 Å². The zero-order valence-corrected chi connectivity index (χ0v) is 21.3. The number of ether oxygens (including phenoxy) is 2. The van der Waals surface area contributed by atoms with Crippen LogP contribution in [0.4, 0.5) is 0 Å². The van der Waals surface area contributed by atoms with E-state index in [4.69, 9.17) is 9.47 Å². The van der Waals surface area contributed by atoms with Crippen molar-refractivity contribution in [2.24, 2.45) is 11.0 Å². The number of nitrogens with one attached hydrogen (secondary N) is 1. The molecular weight excluding hydrogens is 464 g/mol. The Morgan fingerprint density at radius 1 is 1.34 bits per heavy atom. The number of hydrazone groups is 1. The number of carbonyl (C=O) groups is 1. The molecule has 1 atom stereocenters. The number of methoxy groups -OCH3 is 1. The molecule has 0 aliphatic heterocycles. The molecule has 4 rings (SSSR count). The highest BCUT2D eigenvalue weighted by atomic mass is 32.1. The minimum Gasteiger partial charge on any atom is -0.493 e. The minimum absolute atomic E-state index is 0.145. The maximum Gasteiger partial charge on any atom is 0.262 e. The number of fused-ring (bicyclic) bond motifs is 3. The molecule has 1 aliphatic carbocycles. The molecule has 1 unspecified atom stereocenters. The highest BCUT2D eigenvalue weighted by Crippen LogP contribution is 2.35. The third kappa shape index (κ3) is 5.90. The van der Waals surface area contributed by atoms with Gasteiger partial charge in [-0.3, -0.25) is 14.2 Å². The van der Waals surface area contributed by atoms with Gasteiger partial charge < -0.3 is 9.47 Å². The largest absolute Gasteiger partial charge is 0.493 e. The number of unbranched alkanes of at least 4 members (excludes halogenated alkanes) is 2. The van der Waals surface area contributed by atoms with Crippen LogP contribution in [0.25, 0.3) is 10.2 Å². The average molecular weight is 497 g/mol. The second-order valence-corrected chi connectivity index (χ2v) is 10.1. The van der Waals surface area contributed by atoms with Crippen LogP contribution < -0.4 is 20.5 Å². The molecule has 1 aromatic carbocycles. The summed E-state index contributed by atoms with van der Waals surface area (Å²) in [5, 5.41) is 4.70. The van der Waals surface area contributed by atoms with Crippen molar-refractivity contribution in [2.75, 3.05) is 13.7 Å². The van der Waals surface area contributed by atoms with Gasteiger partial charge in [0.2, 0.25) is 0 Å². The van der Waals surface area contributed by atoms with Crippen molar-refractivity contribution in [3.63, 3.8) is 0 Å². The van der Waals surface area contributed by atoms with Crippen LogP contribution in [0.15, 0.2) is 34.4 Å². The number of nitrogens with zero attached hydrogens (tertiary/aromatic N) is 3. The molecular formula is C26H32N4O4S. The number of aryl methyl sites for hydroxylation is 1. The van der Waals surface area contributed by atoms with Gasteiger partial charge in [-0.2, -0.15) is 5.10 Å². The Balaban J connectivity index is 1.39. The van der Waals surface area contributed by atoms with E-state index >= 15 is 0 Å². The number of amides is 1. The molecule has 0 spiro atoms. The van der Waals surface area contributed by atoms with E-state index in [1.165, 1.54) is 22.0 Å². The Morgan fingerprint density at radius 3 is 3.00 bits per heavy atom. The summed E-state index contributed by atoms with van der Waals surface area (Å²) >= 11 is 1.60. The molecule has 2 aromatic heterocycles. The lowest BCUT2D eigenvalue weighted by molar-refractivity contribution is -0.121. The van der Waals surface area contributed by atoms with Crippen LogP contribution >= 0.6 is 11.3 Å². The molecule has 0 saturated heterocycles. The fourth-order valence-electron chi connectivity index (χ4n) is 4.27. The van der Waals surface area contributed by atoms with Gasteiger partial charge in [0.25, 0.3) is 11.5 Å². The second-order valence-electron chi connectivity index (χ2n) is 8.97. The lowest BCUT2D eigenvalue weighted by Crippen LogP contribution is -2.30. The van der Waals surface area contributed by atoms with E-state index in [0.29, 0.717) is 29.4 Å². The second kappa shape index (κ2) is 11.5. The van der Waals surface area contributed by atoms with Crippen molar-refractivity contribution in [1.29, 1.82) is 0 Å². The molecule has 1 amide bonds. The van der Waals surface area contributed by atoms with Crippen molar-refractivity contribution in [1.82, 2.24) is 15.0 Å². The summed E-state index contributed by atoms with van der Waals surface area (Å²) in [6.07, 6.45) is 9.18. The lowest BCUT2D eigenvalue weighted by Gasteiger charge is -2.17. The van der Waals surface area contributed by atoms with E-state index < -0.39 is 5.91 Å². The standard InChI is InChI=1S/C26H32N4O4S/c1-4-5-6-11-34-20-10-8-18(13-21(20)33-3)14-28-29-23(31)15-30-16-27-25-24(26(30)32)19-9-7-17(2)12-22(19)35-25/h8,10,13-14,16-17H,4-7,9,11-12,15H2,1-3H3,(H,29,31). The van der Waals surface area contributed by atoms with E-state index in [-0.39, 0.29) is 12.1 Å². The SMILES string of the molecule is CCCCCOc1ccc(C=NNC(=O)Cn2cnc3sc4c(c3c2=O)CCC(C)C4)cc1OC. The maximum absolute atomic E-state index is 13.1. The van der Waals surface area contributed by atoms with E-state index in [1.54, 1.807) is 24.5 Å². The number of hydrogen-bond acceptors (Lipinski definition) is 7. The lowest BCUT2D eigenvalue weighted by atomic mass is 9.89. The molecule has 35 heavy (non-hydrogen) atoms. The van der Waals surface area contributed by atoms with Gasteiger partial charge in [0, 0.05) is 4.88 Å². The number of benzene rings is 1. The van der Waals surface area contributed by atoms with Crippen LogP contribution in [-0.4, -0.2) is 35.4 Å². The van der Waals surface area contributed by atoms with Crippen molar-refractivity contribution in [3.8, 4) is 11.5 Å². The van der Waals surface area contributed by atoms with Gasteiger partial charge >= 0.3 is 0 Å². The zero-order valence-electron chi connectivity index (χ0n) is 20.5. The Kier molecular flexibility index (Phi) is 8.17. The smallest absolute Gasteiger partial charge is 0.262 e. The number of carbonyl (C=O) groups excluding carboxylic acids is 1. The number of hydrogen-bond donors (Lipinski definition) is 1. The highest BCUT2D eigenvalue weighted by molar-refractivity contribution is 7.18. The molecule has 186 valence electrons. The van der Waals surface area contributed by atoms with Gasteiger partial charge in [0.15, 0.2) is 11.5 Å². The third-order valence-corrected chi connectivity index (χ3v) is 7.35. The van der Waals surface area contributed by atoms with Gasteiger partial charge in [-0.05, 0) is 60.9 Å². The first-order valence-corrected chi connectivity index (χ1v) is 12.9. The first kappa shape index (κ1) is 24.9. The first-order valence-electron chi connectivity index (χ1n) is 12.1. The van der Waals surface area contributed by atoms with E-state index in [0.717, 1.165) is 54.5 Å². The van der Waals surface area contributed by atoms with E-state index in [9.17, 15) is 9.59 Å². The highest BCUT2D eigenvalue weighted by Gasteiger charge is 2.23. The molecule has 0 bridgehead atoms. The summed E-state index contributed by atoms with van der Waals surface area (Å²) < 4.78 is 12.6. The van der Waals surface area contributed by atoms with Gasteiger partial charge in [0.1, 0.15) is 11.4 Å². The summed E-state index contributed by atoms with van der Waals surface area (Å²) in [5.74, 6) is 1.51. The van der Waals surface area contributed by atoms with Crippen LogP contribution in [0.2, 0.25) is 0 Å². The average Bonchev–Trinajstić information content (AvgIpc) is 3.22. The summed E-state index contributed by atoms with van der Waals surface area (Å²) in [6.45, 7) is 4.88. The first-order chi connectivity index (χ1) is 17.0. The number of rotatable bonds is 10. The summed E-state index contributed by atoms with van der Waals surface area (Å²) in [4.78, 5) is 32.0. The Hall–Kier alpha value is -3.20. The predicted molar refractivity (Wildman–Crippen MR) is 139 cm³/mol. The van der Waals surface area contributed by atoms with Gasteiger partial charge in [0.05, 0.1) is 31.6 Å². The fourth-order valence-corrected chi connectivity index (χ4v) is 5.61.